The van der Waals surface area contributed by atoms with Gasteiger partial charge in [-0.25, -0.2) is 8.78 Å². The second kappa shape index (κ2) is 5.40. The molecule has 5 nitrogen and oxygen atoms in total. The van der Waals surface area contributed by atoms with E-state index in [-0.39, 0.29) is 30.4 Å². The quantitative estimate of drug-likeness (QED) is 0.769. The lowest BCUT2D eigenvalue weighted by Crippen LogP contribution is -2.54. The third-order valence-electron chi connectivity index (χ3n) is 3.06. The Morgan fingerprint density at radius 3 is 2.95 bits per heavy atom. The molecule has 1 aromatic rings. The van der Waals surface area contributed by atoms with Crippen molar-refractivity contribution in [2.75, 3.05) is 37.4 Å². The van der Waals surface area contributed by atoms with Gasteiger partial charge in [-0.3, -0.25) is 4.79 Å². The van der Waals surface area contributed by atoms with Crippen LogP contribution in [-0.4, -0.2) is 38.8 Å². The van der Waals surface area contributed by atoms with Gasteiger partial charge < -0.3 is 20.7 Å². The summed E-state index contributed by atoms with van der Waals surface area (Å²) in [5.41, 5.74) is 5.71. The minimum atomic E-state index is -1.05. The van der Waals surface area contributed by atoms with Crippen molar-refractivity contribution in [2.24, 2.45) is 0 Å². The maximum absolute atomic E-state index is 13.9. The Hall–Kier alpha value is -1.89. The van der Waals surface area contributed by atoms with E-state index >= 15 is 0 Å². The number of benzene rings is 1. The summed E-state index contributed by atoms with van der Waals surface area (Å²) in [5.74, 6) is -2.37. The predicted octanol–water partition coefficient (Wildman–Crippen LogP) is 0.498. The molecule has 0 aromatic heterocycles. The highest BCUT2D eigenvalue weighted by Crippen LogP contribution is 2.31. The van der Waals surface area contributed by atoms with Gasteiger partial charge in [-0.15, -0.1) is 0 Å². The first-order valence-corrected chi connectivity index (χ1v) is 5.85. The largest absolute Gasteiger partial charge is 0.397 e. The number of anilines is 2. The van der Waals surface area contributed by atoms with Crippen molar-refractivity contribution in [1.29, 1.82) is 0 Å². The van der Waals surface area contributed by atoms with Crippen LogP contribution in [0.1, 0.15) is 0 Å². The van der Waals surface area contributed by atoms with E-state index in [1.165, 1.54) is 18.0 Å². The SMILES string of the molecule is CNC(=O)C1COCCN1c1c(N)ccc(F)c1F. The standard InChI is InChI=1S/C12H15F2N3O2/c1-16-12(18)9-6-19-5-4-17(9)11-8(15)3-2-7(13)10(11)14/h2-3,9H,4-6,15H2,1H3,(H,16,18). The van der Waals surface area contributed by atoms with Gasteiger partial charge in [-0.05, 0) is 12.1 Å². The zero-order chi connectivity index (χ0) is 14.0. The number of nitrogens with zero attached hydrogens (tertiary/aromatic N) is 1. The van der Waals surface area contributed by atoms with Crippen LogP contribution in [-0.2, 0) is 9.53 Å². The molecule has 1 saturated heterocycles. The Bertz CT molecular complexity index is 496. The zero-order valence-corrected chi connectivity index (χ0v) is 10.5. The molecule has 0 aliphatic carbocycles. The number of morpholine rings is 1. The molecular weight excluding hydrogens is 256 g/mol. The summed E-state index contributed by atoms with van der Waals surface area (Å²) in [7, 11) is 1.47. The molecule has 3 N–H and O–H groups in total. The summed E-state index contributed by atoms with van der Waals surface area (Å²) in [6.45, 7) is 0.695. The fourth-order valence-electron chi connectivity index (χ4n) is 2.10. The van der Waals surface area contributed by atoms with Crippen LogP contribution in [0, 0.1) is 11.6 Å². The number of amides is 1. The van der Waals surface area contributed by atoms with Gasteiger partial charge in [0.05, 0.1) is 18.9 Å². The molecule has 1 amide bonds. The van der Waals surface area contributed by atoms with E-state index in [2.05, 4.69) is 5.32 Å². The van der Waals surface area contributed by atoms with Crippen molar-refractivity contribution < 1.29 is 18.3 Å². The van der Waals surface area contributed by atoms with E-state index in [9.17, 15) is 13.6 Å². The van der Waals surface area contributed by atoms with Crippen LogP contribution < -0.4 is 16.0 Å². The maximum Gasteiger partial charge on any atom is 0.244 e. The van der Waals surface area contributed by atoms with Crippen LogP contribution in [0.4, 0.5) is 20.2 Å². The van der Waals surface area contributed by atoms with E-state index in [0.717, 1.165) is 6.07 Å². The molecule has 1 unspecified atom stereocenters. The van der Waals surface area contributed by atoms with Crippen LogP contribution in [0.5, 0.6) is 0 Å². The lowest BCUT2D eigenvalue weighted by atomic mass is 10.1. The van der Waals surface area contributed by atoms with Crippen molar-refractivity contribution in [3.05, 3.63) is 23.8 Å². The van der Waals surface area contributed by atoms with Crippen molar-refractivity contribution in [3.63, 3.8) is 0 Å². The Morgan fingerprint density at radius 2 is 2.26 bits per heavy atom. The molecule has 1 aliphatic rings. The highest BCUT2D eigenvalue weighted by molar-refractivity contribution is 5.87. The molecule has 1 atom stereocenters. The predicted molar refractivity (Wildman–Crippen MR) is 66.8 cm³/mol. The third-order valence-corrected chi connectivity index (χ3v) is 3.06. The number of hydrogen-bond donors (Lipinski definition) is 2. The van der Waals surface area contributed by atoms with Crippen LogP contribution in [0.15, 0.2) is 12.1 Å². The van der Waals surface area contributed by atoms with Gasteiger partial charge in [-0.1, -0.05) is 0 Å². The number of nitrogens with two attached hydrogens (primary N) is 1. The summed E-state index contributed by atoms with van der Waals surface area (Å²) in [6, 6.07) is 1.52. The van der Waals surface area contributed by atoms with Crippen LogP contribution in [0.25, 0.3) is 0 Å². The number of nitrogens with one attached hydrogen (secondary N) is 1. The Labute approximate surface area is 109 Å². The first-order valence-electron chi connectivity index (χ1n) is 5.85. The molecule has 2 rings (SSSR count). The monoisotopic (exact) mass is 271 g/mol. The average Bonchev–Trinajstić information content (AvgIpc) is 2.43. The fraction of sp³-hybridized carbons (Fsp3) is 0.417. The highest BCUT2D eigenvalue weighted by atomic mass is 19.2. The first kappa shape index (κ1) is 13.5. The molecule has 7 heteroatoms. The van der Waals surface area contributed by atoms with E-state index in [1.807, 2.05) is 0 Å². The van der Waals surface area contributed by atoms with E-state index in [4.69, 9.17) is 10.5 Å². The summed E-state index contributed by atoms with van der Waals surface area (Å²) in [6.07, 6.45) is 0. The topological polar surface area (TPSA) is 67.6 Å². The fourth-order valence-corrected chi connectivity index (χ4v) is 2.10. The molecule has 104 valence electrons. The van der Waals surface area contributed by atoms with Gasteiger partial charge in [0.15, 0.2) is 11.6 Å². The Kier molecular flexibility index (Phi) is 3.84. The Morgan fingerprint density at radius 1 is 1.53 bits per heavy atom. The second-order valence-electron chi connectivity index (χ2n) is 4.20. The van der Waals surface area contributed by atoms with E-state index in [1.54, 1.807) is 0 Å². The average molecular weight is 271 g/mol. The van der Waals surface area contributed by atoms with Crippen molar-refractivity contribution in [2.45, 2.75) is 6.04 Å². The number of hydrogen-bond acceptors (Lipinski definition) is 4. The minimum absolute atomic E-state index is 0.0862. The Balaban J connectivity index is 2.43. The van der Waals surface area contributed by atoms with Gasteiger partial charge in [0.1, 0.15) is 11.7 Å². The van der Waals surface area contributed by atoms with E-state index in [0.29, 0.717) is 6.61 Å². The highest BCUT2D eigenvalue weighted by Gasteiger charge is 2.32. The van der Waals surface area contributed by atoms with Crippen molar-refractivity contribution >= 4 is 17.3 Å². The van der Waals surface area contributed by atoms with Crippen molar-refractivity contribution in [1.82, 2.24) is 5.32 Å². The number of ether oxygens (including phenoxy) is 1. The molecule has 1 aromatic carbocycles. The number of carbonyl (C=O) groups excluding carboxylic acids is 1. The number of likely N-dealkylation sites (N-methyl/N-ethyl adjacent to an activating group) is 1. The zero-order valence-electron chi connectivity index (χ0n) is 10.5. The molecule has 1 aliphatic heterocycles. The molecule has 0 spiro atoms. The summed E-state index contributed by atoms with van der Waals surface area (Å²) in [5, 5.41) is 2.47. The second-order valence-corrected chi connectivity index (χ2v) is 4.20. The molecule has 0 bridgehead atoms. The summed E-state index contributed by atoms with van der Waals surface area (Å²) >= 11 is 0. The number of nitrogen functional groups attached to an aromatic ring is 1. The first-order chi connectivity index (χ1) is 9.06. The smallest absolute Gasteiger partial charge is 0.244 e. The lowest BCUT2D eigenvalue weighted by Gasteiger charge is -2.36. The molecule has 1 heterocycles. The lowest BCUT2D eigenvalue weighted by molar-refractivity contribution is -0.124. The van der Waals surface area contributed by atoms with Crippen molar-refractivity contribution in [3.8, 4) is 0 Å². The molecular formula is C12H15F2N3O2. The third kappa shape index (κ3) is 2.46. The number of carbonyl (C=O) groups is 1. The van der Waals surface area contributed by atoms with Gasteiger partial charge in [-0.2, -0.15) is 0 Å². The van der Waals surface area contributed by atoms with Gasteiger partial charge in [0.25, 0.3) is 0 Å². The summed E-state index contributed by atoms with van der Waals surface area (Å²) < 4.78 is 32.5. The van der Waals surface area contributed by atoms with Crippen LogP contribution in [0.2, 0.25) is 0 Å². The molecule has 0 saturated carbocycles. The molecule has 1 fully saturated rings. The molecule has 0 radical (unpaired) electrons. The molecule has 19 heavy (non-hydrogen) atoms. The van der Waals surface area contributed by atoms with Gasteiger partial charge in [0, 0.05) is 13.6 Å². The van der Waals surface area contributed by atoms with Gasteiger partial charge in [0.2, 0.25) is 5.91 Å². The minimum Gasteiger partial charge on any atom is -0.397 e. The maximum atomic E-state index is 13.9. The van der Waals surface area contributed by atoms with E-state index < -0.39 is 17.7 Å². The van der Waals surface area contributed by atoms with Gasteiger partial charge >= 0.3 is 0 Å². The van der Waals surface area contributed by atoms with Crippen LogP contribution in [0.3, 0.4) is 0 Å². The number of halogens is 2. The van der Waals surface area contributed by atoms with Crippen LogP contribution >= 0.6 is 0 Å². The normalized spacial score (nSPS) is 19.3. The summed E-state index contributed by atoms with van der Waals surface area (Å²) in [4.78, 5) is 13.2. The number of rotatable bonds is 2.